The van der Waals surface area contributed by atoms with Crippen LogP contribution in [-0.4, -0.2) is 4.92 Å². The number of benzene rings is 1. The average Bonchev–Trinajstić information content (AvgIpc) is 2.01. The molecular formula is C11H15NO2. The van der Waals surface area contributed by atoms with Crippen LogP contribution in [0.5, 0.6) is 0 Å². The molecule has 0 aliphatic carbocycles. The molecule has 0 unspecified atom stereocenters. The second kappa shape index (κ2) is 3.78. The van der Waals surface area contributed by atoms with E-state index < -0.39 is 0 Å². The van der Waals surface area contributed by atoms with Gasteiger partial charge in [-0.2, -0.15) is 0 Å². The first-order chi connectivity index (χ1) is 6.43. The van der Waals surface area contributed by atoms with E-state index in [1.54, 1.807) is 6.92 Å². The summed E-state index contributed by atoms with van der Waals surface area (Å²) >= 11 is 0. The maximum atomic E-state index is 10.9. The van der Waals surface area contributed by atoms with E-state index in [-0.39, 0.29) is 16.5 Å². The van der Waals surface area contributed by atoms with Crippen LogP contribution in [0.3, 0.4) is 0 Å². The van der Waals surface area contributed by atoms with Crippen LogP contribution < -0.4 is 0 Å². The predicted molar refractivity (Wildman–Crippen MR) is 56.7 cm³/mol. The molecule has 14 heavy (non-hydrogen) atoms. The van der Waals surface area contributed by atoms with Crippen LogP contribution in [0.15, 0.2) is 12.1 Å². The fourth-order valence-electron chi connectivity index (χ4n) is 1.68. The molecule has 0 atom stereocenters. The molecule has 0 radical (unpaired) electrons. The highest BCUT2D eigenvalue weighted by atomic mass is 16.6. The first-order valence-electron chi connectivity index (χ1n) is 4.69. The third-order valence-corrected chi connectivity index (χ3v) is 2.28. The van der Waals surface area contributed by atoms with Crippen molar-refractivity contribution < 1.29 is 4.92 Å². The molecule has 0 heterocycles. The van der Waals surface area contributed by atoms with Gasteiger partial charge in [0.15, 0.2) is 0 Å². The number of nitrogens with zero attached hydrogens (tertiary/aromatic N) is 1. The van der Waals surface area contributed by atoms with E-state index in [1.807, 2.05) is 32.9 Å². The second-order valence-corrected chi connectivity index (χ2v) is 3.93. The van der Waals surface area contributed by atoms with E-state index in [9.17, 15) is 10.1 Å². The fourth-order valence-corrected chi connectivity index (χ4v) is 1.68. The molecule has 0 bridgehead atoms. The molecule has 3 heteroatoms. The Labute approximate surface area is 83.9 Å². The number of rotatable bonds is 2. The molecule has 0 aliphatic heterocycles. The van der Waals surface area contributed by atoms with Crippen molar-refractivity contribution in [3.05, 3.63) is 38.9 Å². The van der Waals surface area contributed by atoms with Crippen molar-refractivity contribution in [2.45, 2.75) is 33.6 Å². The van der Waals surface area contributed by atoms with Crippen molar-refractivity contribution in [2.75, 3.05) is 0 Å². The number of hydrogen-bond donors (Lipinski definition) is 0. The molecule has 1 rings (SSSR count). The topological polar surface area (TPSA) is 43.1 Å². The van der Waals surface area contributed by atoms with Crippen molar-refractivity contribution >= 4 is 5.69 Å². The average molecular weight is 193 g/mol. The summed E-state index contributed by atoms with van der Waals surface area (Å²) in [6.07, 6.45) is 0. The van der Waals surface area contributed by atoms with E-state index in [0.29, 0.717) is 0 Å². The third-order valence-electron chi connectivity index (χ3n) is 2.28. The Bertz CT molecular complexity index is 370. The molecule has 0 saturated heterocycles. The molecule has 1 aromatic rings. The maximum Gasteiger partial charge on any atom is 0.275 e. The lowest BCUT2D eigenvalue weighted by Gasteiger charge is -2.09. The summed E-state index contributed by atoms with van der Waals surface area (Å²) in [5.41, 5.74) is 2.92. The minimum Gasteiger partial charge on any atom is -0.258 e. The highest BCUT2D eigenvalue weighted by Gasteiger charge is 2.19. The lowest BCUT2D eigenvalue weighted by Crippen LogP contribution is -2.00. The Morgan fingerprint density at radius 2 is 1.86 bits per heavy atom. The van der Waals surface area contributed by atoms with Gasteiger partial charge in [0.2, 0.25) is 0 Å². The smallest absolute Gasteiger partial charge is 0.258 e. The van der Waals surface area contributed by atoms with Gasteiger partial charge < -0.3 is 0 Å². The van der Waals surface area contributed by atoms with Crippen LogP contribution in [0.4, 0.5) is 5.69 Å². The number of nitro benzene ring substituents is 1. The van der Waals surface area contributed by atoms with Crippen molar-refractivity contribution in [3.63, 3.8) is 0 Å². The summed E-state index contributed by atoms with van der Waals surface area (Å²) in [6, 6.07) is 3.75. The molecule has 0 fully saturated rings. The van der Waals surface area contributed by atoms with Gasteiger partial charge in [0, 0.05) is 11.1 Å². The van der Waals surface area contributed by atoms with E-state index >= 15 is 0 Å². The summed E-state index contributed by atoms with van der Waals surface area (Å²) in [6.45, 7) is 7.70. The Hall–Kier alpha value is -1.38. The van der Waals surface area contributed by atoms with Gasteiger partial charge in [0.05, 0.1) is 4.92 Å². The molecule has 0 amide bonds. The molecule has 1 aromatic carbocycles. The largest absolute Gasteiger partial charge is 0.275 e. The molecule has 76 valence electrons. The lowest BCUT2D eigenvalue weighted by atomic mass is 9.96. The SMILES string of the molecule is Cc1cc(C)c([N+](=O)[O-])c(C(C)C)c1. The Morgan fingerprint density at radius 3 is 2.29 bits per heavy atom. The van der Waals surface area contributed by atoms with E-state index in [0.717, 1.165) is 16.7 Å². The van der Waals surface area contributed by atoms with Gasteiger partial charge >= 0.3 is 0 Å². The van der Waals surface area contributed by atoms with Crippen LogP contribution in [0, 0.1) is 24.0 Å². The normalized spacial score (nSPS) is 10.6. The Balaban J connectivity index is 3.44. The minimum atomic E-state index is -0.288. The van der Waals surface area contributed by atoms with Crippen LogP contribution in [0.1, 0.15) is 36.5 Å². The zero-order valence-corrected chi connectivity index (χ0v) is 9.00. The van der Waals surface area contributed by atoms with Gasteiger partial charge in [-0.1, -0.05) is 19.4 Å². The number of hydrogen-bond acceptors (Lipinski definition) is 2. The van der Waals surface area contributed by atoms with Crippen molar-refractivity contribution in [2.24, 2.45) is 0 Å². The first kappa shape index (κ1) is 10.7. The van der Waals surface area contributed by atoms with Crippen LogP contribution in [0.2, 0.25) is 0 Å². The number of nitro groups is 1. The lowest BCUT2D eigenvalue weighted by molar-refractivity contribution is -0.386. The van der Waals surface area contributed by atoms with Gasteiger partial charge in [0.25, 0.3) is 5.69 Å². The molecule has 0 aliphatic rings. The summed E-state index contributed by atoms with van der Waals surface area (Å²) in [7, 11) is 0. The van der Waals surface area contributed by atoms with E-state index in [4.69, 9.17) is 0 Å². The quantitative estimate of drug-likeness (QED) is 0.534. The zero-order chi connectivity index (χ0) is 10.9. The summed E-state index contributed by atoms with van der Waals surface area (Å²) in [5.74, 6) is 0.189. The first-order valence-corrected chi connectivity index (χ1v) is 4.69. The van der Waals surface area contributed by atoms with Crippen LogP contribution >= 0.6 is 0 Å². The van der Waals surface area contributed by atoms with Gasteiger partial charge in [0.1, 0.15) is 0 Å². The Kier molecular flexibility index (Phi) is 2.89. The second-order valence-electron chi connectivity index (χ2n) is 3.93. The van der Waals surface area contributed by atoms with Gasteiger partial charge in [-0.3, -0.25) is 10.1 Å². The molecule has 0 aromatic heterocycles. The van der Waals surface area contributed by atoms with E-state index in [2.05, 4.69) is 0 Å². The summed E-state index contributed by atoms with van der Waals surface area (Å²) < 4.78 is 0. The maximum absolute atomic E-state index is 10.9. The van der Waals surface area contributed by atoms with Crippen molar-refractivity contribution in [1.82, 2.24) is 0 Å². The highest BCUT2D eigenvalue weighted by molar-refractivity contribution is 5.50. The molecule has 0 saturated carbocycles. The van der Waals surface area contributed by atoms with Gasteiger partial charge in [-0.15, -0.1) is 0 Å². The monoisotopic (exact) mass is 193 g/mol. The van der Waals surface area contributed by atoms with Crippen LogP contribution in [-0.2, 0) is 0 Å². The standard InChI is InChI=1S/C11H15NO2/c1-7(2)10-6-8(3)5-9(4)11(10)12(13)14/h5-7H,1-4H3. The minimum absolute atomic E-state index is 0.189. The third kappa shape index (κ3) is 1.92. The van der Waals surface area contributed by atoms with Crippen molar-refractivity contribution in [3.8, 4) is 0 Å². The predicted octanol–water partition coefficient (Wildman–Crippen LogP) is 3.34. The van der Waals surface area contributed by atoms with Gasteiger partial charge in [-0.25, -0.2) is 0 Å². The van der Waals surface area contributed by atoms with Crippen molar-refractivity contribution in [1.29, 1.82) is 0 Å². The molecular weight excluding hydrogens is 178 g/mol. The fraction of sp³-hybridized carbons (Fsp3) is 0.455. The zero-order valence-electron chi connectivity index (χ0n) is 9.00. The van der Waals surface area contributed by atoms with Gasteiger partial charge in [-0.05, 0) is 31.9 Å². The van der Waals surface area contributed by atoms with Crippen LogP contribution in [0.25, 0.3) is 0 Å². The van der Waals surface area contributed by atoms with E-state index in [1.165, 1.54) is 0 Å². The molecule has 0 spiro atoms. The summed E-state index contributed by atoms with van der Waals surface area (Å²) in [4.78, 5) is 10.6. The molecule has 0 N–H and O–H groups in total. The Morgan fingerprint density at radius 1 is 1.29 bits per heavy atom. The molecule has 3 nitrogen and oxygen atoms in total. The number of aryl methyl sites for hydroxylation is 2. The summed E-state index contributed by atoms with van der Waals surface area (Å²) in [5, 5.41) is 10.9. The highest BCUT2D eigenvalue weighted by Crippen LogP contribution is 2.30.